The van der Waals surface area contributed by atoms with Crippen molar-refractivity contribution in [2.75, 3.05) is 6.54 Å². The third-order valence-electron chi connectivity index (χ3n) is 4.53. The van der Waals surface area contributed by atoms with E-state index < -0.39 is 11.7 Å². The van der Waals surface area contributed by atoms with Crippen molar-refractivity contribution in [3.8, 4) is 0 Å². The van der Waals surface area contributed by atoms with Gasteiger partial charge in [0, 0.05) is 24.3 Å². The lowest BCUT2D eigenvalue weighted by Crippen LogP contribution is -2.37. The first-order valence-electron chi connectivity index (χ1n) is 7.73. The third kappa shape index (κ3) is 3.02. The van der Waals surface area contributed by atoms with Gasteiger partial charge < -0.3 is 4.90 Å². The Kier molecular flexibility index (Phi) is 4.11. The summed E-state index contributed by atoms with van der Waals surface area (Å²) in [6.07, 6.45) is -3.93. The van der Waals surface area contributed by atoms with Crippen LogP contribution in [0.25, 0.3) is 0 Å². The van der Waals surface area contributed by atoms with Crippen LogP contribution in [0, 0.1) is 13.8 Å². The van der Waals surface area contributed by atoms with Crippen molar-refractivity contribution in [1.29, 1.82) is 0 Å². The summed E-state index contributed by atoms with van der Waals surface area (Å²) in [5, 5.41) is 6.91. The fourth-order valence-corrected chi connectivity index (χ4v) is 3.19. The van der Waals surface area contributed by atoms with Crippen LogP contribution in [0.4, 0.5) is 13.2 Å². The standard InChI is InChI=1S/C17H18F3N3O/c1-10-14(11(2)22-21-10)8-16(24)23-7-6-13-12(9-23)4-3-5-15(13)17(18,19)20/h3-5H,6-9H2,1-2H3,(H,21,22). The molecule has 0 fully saturated rings. The summed E-state index contributed by atoms with van der Waals surface area (Å²) in [6.45, 7) is 4.19. The number of halogens is 3. The topological polar surface area (TPSA) is 49.0 Å². The maximum Gasteiger partial charge on any atom is 0.416 e. The number of carbonyl (C=O) groups is 1. The lowest BCUT2D eigenvalue weighted by molar-refractivity contribution is -0.138. The molecule has 1 amide bonds. The molecule has 0 atom stereocenters. The molecule has 0 spiro atoms. The first kappa shape index (κ1) is 16.5. The Bertz CT molecular complexity index is 760. The minimum absolute atomic E-state index is 0.0920. The summed E-state index contributed by atoms with van der Waals surface area (Å²) in [7, 11) is 0. The minimum Gasteiger partial charge on any atom is -0.338 e. The van der Waals surface area contributed by atoms with E-state index >= 15 is 0 Å². The van der Waals surface area contributed by atoms with Crippen LogP contribution in [-0.2, 0) is 30.4 Å². The molecule has 2 aromatic rings. The molecule has 0 saturated heterocycles. The van der Waals surface area contributed by atoms with Crippen LogP contribution in [0.5, 0.6) is 0 Å². The highest BCUT2D eigenvalue weighted by Gasteiger charge is 2.35. The van der Waals surface area contributed by atoms with Gasteiger partial charge in [0.15, 0.2) is 0 Å². The van der Waals surface area contributed by atoms with Crippen LogP contribution in [0.3, 0.4) is 0 Å². The molecule has 0 saturated carbocycles. The summed E-state index contributed by atoms with van der Waals surface area (Å²) >= 11 is 0. The van der Waals surface area contributed by atoms with Gasteiger partial charge in [-0.15, -0.1) is 0 Å². The van der Waals surface area contributed by atoms with Crippen LogP contribution in [-0.4, -0.2) is 27.5 Å². The van der Waals surface area contributed by atoms with Gasteiger partial charge >= 0.3 is 6.18 Å². The molecule has 0 radical (unpaired) electrons. The molecule has 0 aliphatic carbocycles. The fourth-order valence-electron chi connectivity index (χ4n) is 3.19. The molecular weight excluding hydrogens is 319 g/mol. The van der Waals surface area contributed by atoms with Crippen molar-refractivity contribution in [2.24, 2.45) is 0 Å². The first-order valence-corrected chi connectivity index (χ1v) is 7.73. The Balaban J connectivity index is 1.79. The number of fused-ring (bicyclic) bond motifs is 1. The van der Waals surface area contributed by atoms with Gasteiger partial charge in [-0.25, -0.2) is 0 Å². The number of hydrogen-bond donors (Lipinski definition) is 1. The SMILES string of the molecule is Cc1n[nH]c(C)c1CC(=O)N1CCc2c(cccc2C(F)(F)F)C1. The van der Waals surface area contributed by atoms with Crippen molar-refractivity contribution in [3.63, 3.8) is 0 Å². The maximum atomic E-state index is 13.1. The summed E-state index contributed by atoms with van der Waals surface area (Å²) < 4.78 is 39.2. The molecule has 1 aromatic heterocycles. The molecule has 0 bridgehead atoms. The van der Waals surface area contributed by atoms with Gasteiger partial charge in [0.1, 0.15) is 0 Å². The molecule has 4 nitrogen and oxygen atoms in total. The van der Waals surface area contributed by atoms with E-state index in [1.165, 1.54) is 6.07 Å². The quantitative estimate of drug-likeness (QED) is 0.915. The van der Waals surface area contributed by atoms with Crippen molar-refractivity contribution in [2.45, 2.75) is 39.4 Å². The molecule has 1 aliphatic heterocycles. The van der Waals surface area contributed by atoms with E-state index in [0.717, 1.165) is 23.0 Å². The second-order valence-electron chi connectivity index (χ2n) is 6.10. The van der Waals surface area contributed by atoms with Gasteiger partial charge in [0.25, 0.3) is 0 Å². The highest BCUT2D eigenvalue weighted by Crippen LogP contribution is 2.35. The average Bonchev–Trinajstić information content (AvgIpc) is 2.84. The molecule has 1 aromatic carbocycles. The highest BCUT2D eigenvalue weighted by molar-refractivity contribution is 5.79. The van der Waals surface area contributed by atoms with Crippen LogP contribution in [0.15, 0.2) is 18.2 Å². The van der Waals surface area contributed by atoms with Crippen LogP contribution >= 0.6 is 0 Å². The maximum absolute atomic E-state index is 13.1. The monoisotopic (exact) mass is 337 g/mol. The Morgan fingerprint density at radius 2 is 2.08 bits per heavy atom. The predicted molar refractivity (Wildman–Crippen MR) is 82.3 cm³/mol. The largest absolute Gasteiger partial charge is 0.416 e. The number of aryl methyl sites for hydroxylation is 2. The van der Waals surface area contributed by atoms with Gasteiger partial charge in [-0.2, -0.15) is 18.3 Å². The van der Waals surface area contributed by atoms with Gasteiger partial charge in [0.05, 0.1) is 17.7 Å². The number of H-pyrrole nitrogens is 1. The Morgan fingerprint density at radius 1 is 1.33 bits per heavy atom. The number of carbonyl (C=O) groups excluding carboxylic acids is 1. The molecule has 128 valence electrons. The molecule has 2 heterocycles. The Hall–Kier alpha value is -2.31. The summed E-state index contributed by atoms with van der Waals surface area (Å²) in [5.74, 6) is -0.0920. The van der Waals surface area contributed by atoms with Crippen molar-refractivity contribution >= 4 is 5.91 Å². The zero-order chi connectivity index (χ0) is 17.5. The smallest absolute Gasteiger partial charge is 0.338 e. The second kappa shape index (κ2) is 5.96. The average molecular weight is 337 g/mol. The van der Waals surface area contributed by atoms with Gasteiger partial charge in [0.2, 0.25) is 5.91 Å². The van der Waals surface area contributed by atoms with Gasteiger partial charge in [-0.3, -0.25) is 9.89 Å². The van der Waals surface area contributed by atoms with Crippen LogP contribution < -0.4 is 0 Å². The van der Waals surface area contributed by atoms with Gasteiger partial charge in [-0.1, -0.05) is 12.1 Å². The number of aromatic nitrogens is 2. The molecule has 1 N–H and O–H groups in total. The number of nitrogens with zero attached hydrogens (tertiary/aromatic N) is 2. The number of alkyl halides is 3. The number of aromatic amines is 1. The minimum atomic E-state index is -4.36. The number of nitrogens with one attached hydrogen (secondary N) is 1. The molecule has 24 heavy (non-hydrogen) atoms. The van der Waals surface area contributed by atoms with E-state index in [4.69, 9.17) is 0 Å². The Labute approximate surface area is 137 Å². The summed E-state index contributed by atoms with van der Waals surface area (Å²) in [5.41, 5.74) is 2.77. The number of hydrogen-bond acceptors (Lipinski definition) is 2. The van der Waals surface area contributed by atoms with E-state index in [-0.39, 0.29) is 25.3 Å². The lowest BCUT2D eigenvalue weighted by atomic mass is 9.94. The third-order valence-corrected chi connectivity index (χ3v) is 4.53. The zero-order valence-corrected chi connectivity index (χ0v) is 13.5. The molecule has 7 heteroatoms. The van der Waals surface area contributed by atoms with E-state index in [0.29, 0.717) is 17.7 Å². The fraction of sp³-hybridized carbons (Fsp3) is 0.412. The van der Waals surface area contributed by atoms with Gasteiger partial charge in [-0.05, 0) is 37.5 Å². The van der Waals surface area contributed by atoms with E-state index in [1.807, 2.05) is 13.8 Å². The first-order chi connectivity index (χ1) is 11.3. The molecule has 0 unspecified atom stereocenters. The lowest BCUT2D eigenvalue weighted by Gasteiger charge is -2.30. The van der Waals surface area contributed by atoms with E-state index in [2.05, 4.69) is 10.2 Å². The summed E-state index contributed by atoms with van der Waals surface area (Å²) in [4.78, 5) is 14.1. The molecular formula is C17H18F3N3O. The molecule has 3 rings (SSSR count). The number of benzene rings is 1. The zero-order valence-electron chi connectivity index (χ0n) is 13.5. The number of rotatable bonds is 2. The predicted octanol–water partition coefficient (Wildman–Crippen LogP) is 3.17. The van der Waals surface area contributed by atoms with Crippen LogP contribution in [0.2, 0.25) is 0 Å². The van der Waals surface area contributed by atoms with E-state index in [1.54, 1.807) is 11.0 Å². The van der Waals surface area contributed by atoms with Crippen molar-refractivity contribution < 1.29 is 18.0 Å². The van der Waals surface area contributed by atoms with E-state index in [9.17, 15) is 18.0 Å². The normalized spacial score (nSPS) is 14.6. The highest BCUT2D eigenvalue weighted by atomic mass is 19.4. The van der Waals surface area contributed by atoms with Crippen LogP contribution in [0.1, 0.15) is 33.6 Å². The number of amides is 1. The molecule has 1 aliphatic rings. The Morgan fingerprint density at radius 3 is 2.71 bits per heavy atom. The van der Waals surface area contributed by atoms with Crippen molar-refractivity contribution in [3.05, 3.63) is 51.8 Å². The second-order valence-corrected chi connectivity index (χ2v) is 6.10. The summed E-state index contributed by atoms with van der Waals surface area (Å²) in [6, 6.07) is 4.17. The van der Waals surface area contributed by atoms with Crippen molar-refractivity contribution in [1.82, 2.24) is 15.1 Å².